The van der Waals surface area contributed by atoms with Crippen LogP contribution < -0.4 is 5.32 Å². The van der Waals surface area contributed by atoms with Crippen LogP contribution in [0.3, 0.4) is 0 Å². The molecule has 3 nitrogen and oxygen atoms in total. The van der Waals surface area contributed by atoms with E-state index in [1.807, 2.05) is 11.3 Å². The fraction of sp³-hybridized carbons (Fsp3) is 0.786. The maximum absolute atomic E-state index is 4.86. The Balaban J connectivity index is 1.66. The fourth-order valence-electron chi connectivity index (χ4n) is 3.01. The molecule has 18 heavy (non-hydrogen) atoms. The van der Waals surface area contributed by atoms with E-state index in [4.69, 9.17) is 4.98 Å². The number of piperazine rings is 1. The van der Waals surface area contributed by atoms with E-state index < -0.39 is 0 Å². The molecule has 1 aliphatic carbocycles. The summed E-state index contributed by atoms with van der Waals surface area (Å²) in [4.78, 5) is 8.96. The first-order chi connectivity index (χ1) is 8.70. The highest BCUT2D eigenvalue weighted by Gasteiger charge is 2.22. The van der Waals surface area contributed by atoms with E-state index in [-0.39, 0.29) is 0 Å². The highest BCUT2D eigenvalue weighted by atomic mass is 32.1. The summed E-state index contributed by atoms with van der Waals surface area (Å²) in [6.45, 7) is 9.11. The van der Waals surface area contributed by atoms with Crippen LogP contribution in [0.5, 0.6) is 0 Å². The lowest BCUT2D eigenvalue weighted by Crippen LogP contribution is -2.48. The Hall–Kier alpha value is -0.450. The van der Waals surface area contributed by atoms with E-state index in [2.05, 4.69) is 24.1 Å². The van der Waals surface area contributed by atoms with Gasteiger partial charge in [0, 0.05) is 30.6 Å². The molecule has 0 saturated carbocycles. The Kier molecular flexibility index (Phi) is 3.68. The van der Waals surface area contributed by atoms with Crippen molar-refractivity contribution in [3.63, 3.8) is 0 Å². The van der Waals surface area contributed by atoms with E-state index >= 15 is 0 Å². The van der Waals surface area contributed by atoms with Crippen LogP contribution in [0.15, 0.2) is 0 Å². The minimum atomic E-state index is 0.619. The summed E-state index contributed by atoms with van der Waals surface area (Å²) in [5.74, 6) is 0.852. The SMILES string of the molecule is CC1CCc2nc(CN3CCN[C@H](C)C3)sc2C1. The third-order valence-electron chi connectivity index (χ3n) is 4.04. The second-order valence-electron chi connectivity index (χ2n) is 5.92. The molecule has 100 valence electrons. The summed E-state index contributed by atoms with van der Waals surface area (Å²) >= 11 is 1.96. The van der Waals surface area contributed by atoms with Crippen LogP contribution in [0.25, 0.3) is 0 Å². The van der Waals surface area contributed by atoms with E-state index in [1.165, 1.54) is 30.0 Å². The molecule has 1 N–H and O–H groups in total. The summed E-state index contributed by atoms with van der Waals surface area (Å²) in [5, 5.41) is 4.83. The van der Waals surface area contributed by atoms with Gasteiger partial charge in [-0.2, -0.15) is 0 Å². The van der Waals surface area contributed by atoms with Crippen LogP contribution in [0.1, 0.15) is 35.8 Å². The highest BCUT2D eigenvalue weighted by molar-refractivity contribution is 7.11. The van der Waals surface area contributed by atoms with Gasteiger partial charge < -0.3 is 5.32 Å². The summed E-state index contributed by atoms with van der Waals surface area (Å²) in [7, 11) is 0. The number of rotatable bonds is 2. The van der Waals surface area contributed by atoms with Crippen LogP contribution in [0, 0.1) is 5.92 Å². The number of nitrogens with one attached hydrogen (secondary N) is 1. The van der Waals surface area contributed by atoms with Gasteiger partial charge in [-0.1, -0.05) is 6.92 Å². The number of aryl methyl sites for hydroxylation is 1. The van der Waals surface area contributed by atoms with Gasteiger partial charge in [-0.05, 0) is 32.1 Å². The fourth-order valence-corrected chi connectivity index (χ4v) is 4.33. The molecule has 3 rings (SSSR count). The van der Waals surface area contributed by atoms with Gasteiger partial charge in [0.1, 0.15) is 5.01 Å². The van der Waals surface area contributed by atoms with Crippen LogP contribution in [0.4, 0.5) is 0 Å². The molecule has 0 bridgehead atoms. The number of nitrogens with zero attached hydrogens (tertiary/aromatic N) is 2. The normalized spacial score (nSPS) is 29.2. The first-order valence-electron chi connectivity index (χ1n) is 7.14. The molecule has 1 aromatic heterocycles. The van der Waals surface area contributed by atoms with Crippen LogP contribution >= 0.6 is 11.3 Å². The summed E-state index contributed by atoms with van der Waals surface area (Å²) in [6, 6.07) is 0.619. The number of aromatic nitrogens is 1. The first kappa shape index (κ1) is 12.6. The number of hydrogen-bond donors (Lipinski definition) is 1. The molecule has 0 radical (unpaired) electrons. The standard InChI is InChI=1S/C14H23N3S/c1-10-3-4-12-13(7-10)18-14(16-12)9-17-6-5-15-11(2)8-17/h10-11,15H,3-9H2,1-2H3/t10?,11-/m1/s1. The molecule has 2 atom stereocenters. The second kappa shape index (κ2) is 5.27. The van der Waals surface area contributed by atoms with Gasteiger partial charge in [0.25, 0.3) is 0 Å². The maximum atomic E-state index is 4.86. The first-order valence-corrected chi connectivity index (χ1v) is 7.95. The van der Waals surface area contributed by atoms with Crippen molar-refractivity contribution < 1.29 is 0 Å². The predicted octanol–water partition coefficient (Wildman–Crippen LogP) is 2.06. The van der Waals surface area contributed by atoms with Crippen molar-refractivity contribution in [1.29, 1.82) is 0 Å². The van der Waals surface area contributed by atoms with Crippen molar-refractivity contribution in [2.75, 3.05) is 19.6 Å². The topological polar surface area (TPSA) is 28.2 Å². The van der Waals surface area contributed by atoms with E-state index in [0.29, 0.717) is 6.04 Å². The lowest BCUT2D eigenvalue weighted by atomic mass is 9.93. The van der Waals surface area contributed by atoms with E-state index in [9.17, 15) is 0 Å². The third-order valence-corrected chi connectivity index (χ3v) is 5.15. The van der Waals surface area contributed by atoms with E-state index in [0.717, 1.165) is 32.1 Å². The van der Waals surface area contributed by atoms with Gasteiger partial charge in [0.2, 0.25) is 0 Å². The molecule has 2 aliphatic rings. The molecule has 4 heteroatoms. The van der Waals surface area contributed by atoms with Gasteiger partial charge >= 0.3 is 0 Å². The third kappa shape index (κ3) is 2.76. The molecule has 1 aliphatic heterocycles. The predicted molar refractivity (Wildman–Crippen MR) is 76.0 cm³/mol. The molecule has 1 fully saturated rings. The smallest absolute Gasteiger partial charge is 0.107 e. The number of thiazole rings is 1. The van der Waals surface area contributed by atoms with Crippen LogP contribution in [-0.2, 0) is 19.4 Å². The van der Waals surface area contributed by atoms with Crippen molar-refractivity contribution >= 4 is 11.3 Å². The second-order valence-corrected chi connectivity index (χ2v) is 7.08. The Morgan fingerprint density at radius 3 is 3.17 bits per heavy atom. The zero-order chi connectivity index (χ0) is 12.5. The monoisotopic (exact) mass is 265 g/mol. The minimum absolute atomic E-state index is 0.619. The van der Waals surface area contributed by atoms with Gasteiger partial charge in [-0.15, -0.1) is 11.3 Å². The van der Waals surface area contributed by atoms with Gasteiger partial charge in [-0.25, -0.2) is 4.98 Å². The van der Waals surface area contributed by atoms with Gasteiger partial charge in [0.15, 0.2) is 0 Å². The summed E-state index contributed by atoms with van der Waals surface area (Å²) in [5.41, 5.74) is 1.40. The van der Waals surface area contributed by atoms with Crippen molar-refractivity contribution in [2.45, 2.75) is 45.7 Å². The Morgan fingerprint density at radius 2 is 2.33 bits per heavy atom. The molecule has 1 unspecified atom stereocenters. The van der Waals surface area contributed by atoms with Gasteiger partial charge in [-0.3, -0.25) is 4.90 Å². The molecule has 2 heterocycles. The van der Waals surface area contributed by atoms with Crippen LogP contribution in [0.2, 0.25) is 0 Å². The Morgan fingerprint density at radius 1 is 1.44 bits per heavy atom. The zero-order valence-electron chi connectivity index (χ0n) is 11.4. The lowest BCUT2D eigenvalue weighted by molar-refractivity contribution is 0.199. The number of hydrogen-bond acceptors (Lipinski definition) is 4. The van der Waals surface area contributed by atoms with Crippen molar-refractivity contribution in [1.82, 2.24) is 15.2 Å². The zero-order valence-corrected chi connectivity index (χ0v) is 12.2. The number of fused-ring (bicyclic) bond motifs is 1. The maximum Gasteiger partial charge on any atom is 0.107 e. The Bertz CT molecular complexity index is 415. The average molecular weight is 265 g/mol. The minimum Gasteiger partial charge on any atom is -0.312 e. The quantitative estimate of drug-likeness (QED) is 0.887. The largest absolute Gasteiger partial charge is 0.312 e. The highest BCUT2D eigenvalue weighted by Crippen LogP contribution is 2.30. The molecule has 1 saturated heterocycles. The summed E-state index contributed by atoms with van der Waals surface area (Å²) < 4.78 is 0. The van der Waals surface area contributed by atoms with Crippen molar-refractivity contribution in [3.05, 3.63) is 15.6 Å². The average Bonchev–Trinajstić information content (AvgIpc) is 2.70. The molecule has 0 aromatic carbocycles. The van der Waals surface area contributed by atoms with Gasteiger partial charge in [0.05, 0.1) is 12.2 Å². The lowest BCUT2D eigenvalue weighted by Gasteiger charge is -2.31. The molecule has 1 aromatic rings. The molecular weight excluding hydrogens is 242 g/mol. The van der Waals surface area contributed by atoms with Crippen molar-refractivity contribution in [2.24, 2.45) is 5.92 Å². The van der Waals surface area contributed by atoms with Crippen molar-refractivity contribution in [3.8, 4) is 0 Å². The van der Waals surface area contributed by atoms with E-state index in [1.54, 1.807) is 4.88 Å². The molecule has 0 amide bonds. The molecular formula is C14H23N3S. The van der Waals surface area contributed by atoms with Crippen LogP contribution in [-0.4, -0.2) is 35.6 Å². The summed E-state index contributed by atoms with van der Waals surface area (Å²) in [6.07, 6.45) is 3.77. The Labute approximate surface area is 114 Å². The molecule has 0 spiro atoms.